The fourth-order valence-electron chi connectivity index (χ4n) is 9.32. The molecule has 0 spiro atoms. The Labute approximate surface area is 361 Å². The minimum absolute atomic E-state index is 0.191. The summed E-state index contributed by atoms with van der Waals surface area (Å²) in [6.07, 6.45) is 60.0. The molecule has 57 heavy (non-hydrogen) atoms. The molecule has 0 atom stereocenters. The molecule has 0 amide bonds. The quantitative estimate of drug-likeness (QED) is 0.0349. The van der Waals surface area contributed by atoms with Gasteiger partial charge in [0.1, 0.15) is 0 Å². The molecule has 0 bridgehead atoms. The maximum atomic E-state index is 11.5. The van der Waals surface area contributed by atoms with Crippen LogP contribution in [0, 0.1) is 0 Å². The highest BCUT2D eigenvalue weighted by Gasteiger charge is 2.26. The first kappa shape index (κ1) is 56.9. The Bertz CT molecular complexity index is 783. The minimum Gasteiger partial charge on any atom is -0.748 e. The van der Waals surface area contributed by atoms with Crippen LogP contribution in [0.3, 0.4) is 0 Å². The Morgan fingerprint density at radius 2 is 0.421 bits per heavy atom. The maximum absolute atomic E-state index is 11.5. The lowest BCUT2D eigenvalue weighted by atomic mass is 10.0. The van der Waals surface area contributed by atoms with Gasteiger partial charge in [-0.15, -0.1) is 0 Å². The van der Waals surface area contributed by atoms with Gasteiger partial charge in [0.25, 0.3) is 0 Å². The molecule has 0 radical (unpaired) electrons. The zero-order chi connectivity index (χ0) is 41.6. The van der Waals surface area contributed by atoms with Crippen LogP contribution in [-0.2, 0) is 10.1 Å². The van der Waals surface area contributed by atoms with Crippen molar-refractivity contribution in [3.05, 3.63) is 0 Å². The number of unbranched alkanes of at least 4 members (excludes halogenated alkanes) is 40. The molecule has 344 valence electrons. The van der Waals surface area contributed by atoms with E-state index < -0.39 is 10.1 Å². The molecule has 0 heterocycles. The van der Waals surface area contributed by atoms with Crippen molar-refractivity contribution in [2.75, 3.05) is 31.9 Å². The van der Waals surface area contributed by atoms with Crippen LogP contribution in [0.25, 0.3) is 0 Å². The molecule has 0 aromatic rings. The third kappa shape index (κ3) is 45.2. The van der Waals surface area contributed by atoms with Gasteiger partial charge in [-0.25, -0.2) is 8.42 Å². The van der Waals surface area contributed by atoms with E-state index in [0.717, 1.165) is 13.0 Å². The zero-order valence-electron chi connectivity index (χ0n) is 39.7. The van der Waals surface area contributed by atoms with Crippen molar-refractivity contribution in [1.82, 2.24) is 0 Å². The van der Waals surface area contributed by atoms with Crippen LogP contribution in [0.4, 0.5) is 0 Å². The second kappa shape index (κ2) is 45.4. The first-order valence-electron chi connectivity index (χ1n) is 26.7. The summed E-state index contributed by atoms with van der Waals surface area (Å²) in [6, 6.07) is 0. The van der Waals surface area contributed by atoms with Gasteiger partial charge >= 0.3 is 0 Å². The van der Waals surface area contributed by atoms with Gasteiger partial charge in [0.2, 0.25) is 0 Å². The van der Waals surface area contributed by atoms with Crippen LogP contribution >= 0.6 is 0 Å². The molecule has 0 unspecified atom stereocenters. The fourth-order valence-corrected chi connectivity index (χ4v) is 9.88. The topological polar surface area (TPSA) is 57.2 Å². The molecule has 0 aliphatic carbocycles. The molecule has 0 fully saturated rings. The molecule has 4 nitrogen and oxygen atoms in total. The molecule has 0 rings (SSSR count). The third-order valence-corrected chi connectivity index (χ3v) is 14.0. The molecular formula is C52H107NO3S. The average Bonchev–Trinajstić information content (AvgIpc) is 3.19. The lowest BCUT2D eigenvalue weighted by Crippen LogP contribution is -2.51. The molecule has 0 aromatic heterocycles. The summed E-state index contributed by atoms with van der Waals surface area (Å²) in [7, 11) is -4.13. The van der Waals surface area contributed by atoms with E-state index in [1.54, 1.807) is 0 Å². The normalized spacial score (nSPS) is 12.3. The molecule has 0 saturated carbocycles. The summed E-state index contributed by atoms with van der Waals surface area (Å²) in [5.74, 6) is -0.191. The number of nitrogens with zero attached hydrogens (tertiary/aromatic N) is 1. The van der Waals surface area contributed by atoms with Crippen molar-refractivity contribution in [1.29, 1.82) is 0 Å². The van der Waals surface area contributed by atoms with Gasteiger partial charge in [0, 0.05) is 5.75 Å². The highest BCUT2D eigenvalue weighted by atomic mass is 32.2. The van der Waals surface area contributed by atoms with Gasteiger partial charge in [-0.3, -0.25) is 0 Å². The predicted molar refractivity (Wildman–Crippen MR) is 254 cm³/mol. The van der Waals surface area contributed by atoms with Crippen LogP contribution in [0.2, 0.25) is 0 Å². The molecule has 5 heteroatoms. The van der Waals surface area contributed by atoms with Crippen LogP contribution in [0.15, 0.2) is 0 Å². The second-order valence-corrected chi connectivity index (χ2v) is 20.5. The Balaban J connectivity index is 4.77. The molecular weight excluding hydrogens is 719 g/mol. The first-order valence-corrected chi connectivity index (χ1v) is 28.3. The van der Waals surface area contributed by atoms with Crippen LogP contribution in [0.1, 0.15) is 303 Å². The van der Waals surface area contributed by atoms with Crippen molar-refractivity contribution in [3.8, 4) is 0 Å². The van der Waals surface area contributed by atoms with E-state index in [4.69, 9.17) is 0 Å². The Kier molecular flexibility index (Phi) is 45.3. The highest BCUT2D eigenvalue weighted by molar-refractivity contribution is 7.85. The van der Waals surface area contributed by atoms with Gasteiger partial charge < -0.3 is 9.04 Å². The van der Waals surface area contributed by atoms with Crippen molar-refractivity contribution in [2.24, 2.45) is 0 Å². The molecule has 0 saturated heterocycles. The molecule has 0 aromatic carbocycles. The number of hydrogen-bond acceptors (Lipinski definition) is 3. The lowest BCUT2D eigenvalue weighted by Gasteiger charge is -2.40. The minimum atomic E-state index is -4.13. The number of hydrogen-bond donors (Lipinski definition) is 0. The van der Waals surface area contributed by atoms with E-state index in [-0.39, 0.29) is 5.75 Å². The highest BCUT2D eigenvalue weighted by Crippen LogP contribution is 2.22. The van der Waals surface area contributed by atoms with Crippen molar-refractivity contribution in [3.63, 3.8) is 0 Å². The van der Waals surface area contributed by atoms with Crippen LogP contribution in [-0.4, -0.2) is 49.4 Å². The van der Waals surface area contributed by atoms with Crippen molar-refractivity contribution in [2.45, 2.75) is 303 Å². The van der Waals surface area contributed by atoms with Gasteiger partial charge in [0.15, 0.2) is 0 Å². The van der Waals surface area contributed by atoms with Crippen LogP contribution < -0.4 is 0 Å². The van der Waals surface area contributed by atoms with Gasteiger partial charge in [-0.2, -0.15) is 0 Å². The van der Waals surface area contributed by atoms with E-state index >= 15 is 0 Å². The van der Waals surface area contributed by atoms with E-state index in [0.29, 0.717) is 6.42 Å². The van der Waals surface area contributed by atoms with Crippen molar-refractivity contribution < 1.29 is 17.5 Å². The zero-order valence-corrected chi connectivity index (χ0v) is 40.5. The van der Waals surface area contributed by atoms with E-state index in [1.807, 2.05) is 0 Å². The van der Waals surface area contributed by atoms with Crippen molar-refractivity contribution >= 4 is 10.1 Å². The van der Waals surface area contributed by atoms with E-state index in [9.17, 15) is 13.0 Å². The molecule has 0 aliphatic rings. The fraction of sp³-hybridized carbons (Fsp3) is 1.00. The summed E-state index contributed by atoms with van der Waals surface area (Å²) in [5.41, 5.74) is 0. The summed E-state index contributed by atoms with van der Waals surface area (Å²) in [6.45, 7) is 11.7. The largest absolute Gasteiger partial charge is 0.748 e. The Morgan fingerprint density at radius 3 is 0.596 bits per heavy atom. The maximum Gasteiger partial charge on any atom is 0.0945 e. The third-order valence-electron chi connectivity index (χ3n) is 13.2. The molecule has 0 aliphatic heterocycles. The smallest absolute Gasteiger partial charge is 0.0945 e. The second-order valence-electron chi connectivity index (χ2n) is 19.0. The van der Waals surface area contributed by atoms with Gasteiger partial charge in [-0.05, 0) is 51.4 Å². The Hall–Kier alpha value is -0.130. The standard InChI is InChI=1S/C52H107NO3S/c1-4-7-10-13-16-19-22-25-28-31-34-37-40-43-48-53(51-46-47-52-57(54,55)56,49-44-41-38-35-32-29-26-23-20-17-14-11-8-5-2)50-45-42-39-36-33-30-27-24-21-18-15-12-9-6-3/h4-52H2,1-3H3. The molecule has 0 N–H and O–H groups in total. The summed E-state index contributed by atoms with van der Waals surface area (Å²) >= 11 is 0. The Morgan fingerprint density at radius 1 is 0.263 bits per heavy atom. The van der Waals surface area contributed by atoms with E-state index in [1.165, 1.54) is 294 Å². The van der Waals surface area contributed by atoms with Gasteiger partial charge in [0.05, 0.1) is 36.3 Å². The van der Waals surface area contributed by atoms with E-state index in [2.05, 4.69) is 20.8 Å². The predicted octanol–water partition coefficient (Wildman–Crippen LogP) is 17.6. The van der Waals surface area contributed by atoms with Crippen LogP contribution in [0.5, 0.6) is 0 Å². The van der Waals surface area contributed by atoms with Gasteiger partial charge in [-0.1, -0.05) is 252 Å². The SMILES string of the molecule is CCCCCCCCCCCCCCCC[N+](CCCCCCCCCCCCCCCC)(CCCCCCCCCCCCCCCC)CCCCS(=O)(=O)[O-]. The summed E-state index contributed by atoms with van der Waals surface area (Å²) in [4.78, 5) is 0. The summed E-state index contributed by atoms with van der Waals surface area (Å²) in [5, 5.41) is 0. The monoisotopic (exact) mass is 826 g/mol. The first-order chi connectivity index (χ1) is 27.9. The average molecular weight is 826 g/mol. The summed E-state index contributed by atoms with van der Waals surface area (Å²) < 4.78 is 35.5. The number of quaternary nitrogens is 1. The number of rotatable bonds is 50. The lowest BCUT2D eigenvalue weighted by molar-refractivity contribution is -0.929.